The minimum atomic E-state index is -2.78. The second-order valence-corrected chi connectivity index (χ2v) is 10.7. The van der Waals surface area contributed by atoms with Crippen LogP contribution in [-0.2, 0) is 9.09 Å². The average molecular weight is 463 g/mol. The maximum Gasteiger partial charge on any atom is 0.270 e. The molecule has 1 aromatic carbocycles. The molecular formula is C23H35N4O4P. The van der Waals surface area contributed by atoms with Crippen LogP contribution in [0.2, 0.25) is 0 Å². The normalized spacial score (nSPS) is 16.7. The van der Waals surface area contributed by atoms with Crippen molar-refractivity contribution in [2.45, 2.75) is 70.8 Å². The van der Waals surface area contributed by atoms with Crippen molar-refractivity contribution in [2.24, 2.45) is 0 Å². The summed E-state index contributed by atoms with van der Waals surface area (Å²) in [5.74, 6) is 0. The fourth-order valence-corrected chi connectivity index (χ4v) is 6.36. The van der Waals surface area contributed by atoms with Gasteiger partial charge < -0.3 is 15.2 Å². The van der Waals surface area contributed by atoms with Crippen molar-refractivity contribution in [1.82, 2.24) is 10.1 Å². The molecule has 1 unspecified atom stereocenters. The zero-order valence-corrected chi connectivity index (χ0v) is 19.8. The van der Waals surface area contributed by atoms with E-state index < -0.39 is 18.4 Å². The van der Waals surface area contributed by atoms with Crippen molar-refractivity contribution in [3.05, 3.63) is 45.0 Å². The summed E-state index contributed by atoms with van der Waals surface area (Å²) in [6.45, 7) is 2.96. The van der Waals surface area contributed by atoms with Gasteiger partial charge in [0.2, 0.25) is 0 Å². The highest BCUT2D eigenvalue weighted by molar-refractivity contribution is 7.56. The summed E-state index contributed by atoms with van der Waals surface area (Å²) in [6.07, 6.45) is 13.2. The van der Waals surface area contributed by atoms with Gasteiger partial charge in [-0.15, -0.1) is 0 Å². The first kappa shape index (κ1) is 24.6. The van der Waals surface area contributed by atoms with E-state index in [1.807, 2.05) is 6.92 Å². The molecule has 176 valence electrons. The molecule has 1 aliphatic rings. The van der Waals surface area contributed by atoms with Crippen LogP contribution in [0.25, 0.3) is 0 Å². The summed E-state index contributed by atoms with van der Waals surface area (Å²) in [4.78, 5) is 27.7. The first-order chi connectivity index (χ1) is 15.5. The first-order valence-electron chi connectivity index (χ1n) is 11.8. The van der Waals surface area contributed by atoms with Gasteiger partial charge in [-0.25, -0.2) is 5.09 Å². The van der Waals surface area contributed by atoms with Crippen molar-refractivity contribution in [2.75, 3.05) is 29.9 Å². The minimum Gasteiger partial charge on any atom is -0.380 e. The molecule has 1 atom stereocenters. The zero-order chi connectivity index (χ0) is 22.8. The Kier molecular flexibility index (Phi) is 9.45. The van der Waals surface area contributed by atoms with E-state index in [4.69, 9.17) is 4.52 Å². The fraction of sp³-hybridized carbons (Fsp3) is 0.609. The van der Waals surface area contributed by atoms with Gasteiger partial charge in [0.1, 0.15) is 11.4 Å². The topological polar surface area (TPSA) is 109 Å². The zero-order valence-electron chi connectivity index (χ0n) is 18.9. The van der Waals surface area contributed by atoms with Crippen LogP contribution in [0, 0.1) is 0 Å². The number of nitrogens with one attached hydrogen (secondary N) is 3. The molecule has 0 amide bonds. The highest BCUT2D eigenvalue weighted by Crippen LogP contribution is 2.45. The van der Waals surface area contributed by atoms with E-state index in [9.17, 15) is 14.2 Å². The number of hydrogen-bond acceptors (Lipinski definition) is 7. The molecule has 3 N–H and O–H groups in total. The molecule has 32 heavy (non-hydrogen) atoms. The van der Waals surface area contributed by atoms with Crippen LogP contribution < -0.4 is 26.6 Å². The number of anilines is 3. The Bertz CT molecular complexity index is 953. The number of rotatable bonds is 14. The molecule has 1 heterocycles. The predicted molar refractivity (Wildman–Crippen MR) is 130 cm³/mol. The number of hydrogen-bond donors (Lipinski definition) is 3. The summed E-state index contributed by atoms with van der Waals surface area (Å²) in [7, 11) is -2.78. The summed E-state index contributed by atoms with van der Waals surface area (Å²) in [6, 6.07) is 3.80. The van der Waals surface area contributed by atoms with E-state index in [0.717, 1.165) is 44.2 Å². The van der Waals surface area contributed by atoms with Gasteiger partial charge in [0.15, 0.2) is 0 Å². The van der Waals surface area contributed by atoms with Crippen LogP contribution in [0.15, 0.2) is 34.1 Å². The Balaban J connectivity index is 1.36. The predicted octanol–water partition coefficient (Wildman–Crippen LogP) is 4.55. The lowest BCUT2D eigenvalue weighted by Gasteiger charge is -2.28. The molecule has 8 nitrogen and oxygen atoms in total. The van der Waals surface area contributed by atoms with Gasteiger partial charge in [0, 0.05) is 36.8 Å². The van der Waals surface area contributed by atoms with Gasteiger partial charge >= 0.3 is 0 Å². The molecule has 0 saturated heterocycles. The third kappa shape index (κ3) is 6.99. The van der Waals surface area contributed by atoms with E-state index in [1.165, 1.54) is 19.3 Å². The van der Waals surface area contributed by atoms with Gasteiger partial charge in [-0.3, -0.25) is 19.1 Å². The lowest BCUT2D eigenvalue weighted by atomic mass is 9.96. The van der Waals surface area contributed by atoms with Gasteiger partial charge in [-0.2, -0.15) is 0 Å². The number of unbranched alkanes of at least 4 members (excludes halogenated alkanes) is 3. The van der Waals surface area contributed by atoms with Crippen molar-refractivity contribution in [1.29, 1.82) is 0 Å². The molecule has 3 rings (SSSR count). The number of pyridine rings is 1. The highest BCUT2D eigenvalue weighted by Gasteiger charge is 2.27. The fourth-order valence-electron chi connectivity index (χ4n) is 4.16. The number of nitrogens with zero attached hydrogens (tertiary/aromatic N) is 1. The molecule has 1 fully saturated rings. The van der Waals surface area contributed by atoms with Crippen LogP contribution in [0.5, 0.6) is 0 Å². The monoisotopic (exact) mass is 462 g/mol. The molecule has 1 aliphatic carbocycles. The van der Waals surface area contributed by atoms with Crippen molar-refractivity contribution >= 4 is 24.6 Å². The van der Waals surface area contributed by atoms with Crippen molar-refractivity contribution in [3.8, 4) is 0 Å². The lowest BCUT2D eigenvalue weighted by Crippen LogP contribution is -2.36. The SMILES string of the molecule is CCOP(=O)(CCCCCCNc1c(Nc2ccncc2)c(=O)c1=O)NC1CCCCC1. The molecule has 1 aromatic heterocycles. The molecule has 1 saturated carbocycles. The van der Waals surface area contributed by atoms with Crippen LogP contribution in [0.1, 0.15) is 64.7 Å². The van der Waals surface area contributed by atoms with Crippen LogP contribution >= 0.6 is 7.52 Å². The summed E-state index contributed by atoms with van der Waals surface area (Å²) in [5.41, 5.74) is 0.405. The standard InChI is InChI=1S/C23H35N4O4P/c1-2-31-32(30,27-19-10-6-5-7-11-19)17-9-4-3-8-14-25-20-21(23(29)22(20)28)26-18-12-15-24-16-13-18/h12-13,15-16,19,25H,2-11,14,17H2,1H3,(H,24,26)(H,27,30). The Hall–Kier alpha value is -2.02. The Morgan fingerprint density at radius 1 is 1.00 bits per heavy atom. The van der Waals surface area contributed by atoms with Crippen LogP contribution in [-0.4, -0.2) is 30.3 Å². The van der Waals surface area contributed by atoms with Crippen LogP contribution in [0.4, 0.5) is 17.1 Å². The largest absolute Gasteiger partial charge is 0.380 e. The van der Waals surface area contributed by atoms with Gasteiger partial charge in [0.25, 0.3) is 18.4 Å². The third-order valence-corrected chi connectivity index (χ3v) is 8.20. The minimum absolute atomic E-state index is 0.313. The van der Waals surface area contributed by atoms with E-state index in [0.29, 0.717) is 36.7 Å². The molecular weight excluding hydrogens is 427 g/mol. The molecule has 0 radical (unpaired) electrons. The average Bonchev–Trinajstić information content (AvgIpc) is 2.81. The third-order valence-electron chi connectivity index (χ3n) is 5.86. The number of aromatic nitrogens is 1. The Labute approximate surface area is 189 Å². The van der Waals surface area contributed by atoms with E-state index >= 15 is 0 Å². The van der Waals surface area contributed by atoms with Crippen molar-refractivity contribution in [3.63, 3.8) is 0 Å². The van der Waals surface area contributed by atoms with Gasteiger partial charge in [-0.1, -0.05) is 32.1 Å². The molecule has 0 aliphatic heterocycles. The summed E-state index contributed by atoms with van der Waals surface area (Å²) < 4.78 is 18.8. The van der Waals surface area contributed by atoms with E-state index in [1.54, 1.807) is 24.5 Å². The first-order valence-corrected chi connectivity index (χ1v) is 13.6. The maximum atomic E-state index is 13.1. The second kappa shape index (κ2) is 12.3. The lowest BCUT2D eigenvalue weighted by molar-refractivity contribution is 0.307. The van der Waals surface area contributed by atoms with Gasteiger partial charge in [-0.05, 0) is 44.7 Å². The molecule has 9 heteroatoms. The smallest absolute Gasteiger partial charge is 0.270 e. The summed E-state index contributed by atoms with van der Waals surface area (Å²) in [5, 5.41) is 9.41. The second-order valence-electron chi connectivity index (χ2n) is 8.39. The Morgan fingerprint density at radius 2 is 1.69 bits per heavy atom. The van der Waals surface area contributed by atoms with E-state index in [-0.39, 0.29) is 0 Å². The quantitative estimate of drug-likeness (QED) is 0.213. The van der Waals surface area contributed by atoms with E-state index in [2.05, 4.69) is 20.7 Å². The molecule has 2 aromatic rings. The van der Waals surface area contributed by atoms with Crippen LogP contribution in [0.3, 0.4) is 0 Å². The maximum absolute atomic E-state index is 13.1. The van der Waals surface area contributed by atoms with Crippen molar-refractivity contribution < 1.29 is 9.09 Å². The molecule has 0 bridgehead atoms. The Morgan fingerprint density at radius 3 is 2.41 bits per heavy atom. The summed E-state index contributed by atoms with van der Waals surface area (Å²) >= 11 is 0. The highest BCUT2D eigenvalue weighted by atomic mass is 31.2. The van der Waals surface area contributed by atoms with Gasteiger partial charge in [0.05, 0.1) is 6.61 Å². The molecule has 0 spiro atoms.